The maximum atomic E-state index is 14.0. The largest absolute Gasteiger partial charge is 0.374 e. The van der Waals surface area contributed by atoms with Crippen molar-refractivity contribution in [1.82, 2.24) is 20.8 Å². The number of hydrogen-bond acceptors (Lipinski definition) is 6. The van der Waals surface area contributed by atoms with Crippen molar-refractivity contribution in [2.45, 2.75) is 56.3 Å². The number of nitriles is 1. The summed E-state index contributed by atoms with van der Waals surface area (Å²) < 4.78 is 19.6. The fourth-order valence-electron chi connectivity index (χ4n) is 4.58. The molecule has 2 amide bonds. The maximum absolute atomic E-state index is 14.0. The van der Waals surface area contributed by atoms with Crippen LogP contribution in [0.25, 0.3) is 0 Å². The SMILES string of the molecule is N#CC(NC(=O)C(CC1CC1)NC(=O)C1Cc2cccc(F)c2N1)C1COCc2[nH]ncc21. The van der Waals surface area contributed by atoms with E-state index in [2.05, 4.69) is 32.2 Å². The number of benzene rings is 1. The van der Waals surface area contributed by atoms with E-state index in [-0.39, 0.29) is 11.8 Å². The molecule has 3 heterocycles. The number of halogens is 1. The van der Waals surface area contributed by atoms with Gasteiger partial charge in [0.2, 0.25) is 11.8 Å². The minimum Gasteiger partial charge on any atom is -0.374 e. The summed E-state index contributed by atoms with van der Waals surface area (Å²) in [5.74, 6) is -1.16. The fraction of sp³-hybridized carbons (Fsp3) is 0.478. The van der Waals surface area contributed by atoms with Crippen molar-refractivity contribution in [2.75, 3.05) is 11.9 Å². The van der Waals surface area contributed by atoms with Crippen LogP contribution in [0.5, 0.6) is 0 Å². The summed E-state index contributed by atoms with van der Waals surface area (Å²) in [6, 6.07) is 4.65. The number of rotatable bonds is 7. The summed E-state index contributed by atoms with van der Waals surface area (Å²) in [6.07, 6.45) is 4.52. The normalized spacial score (nSPS) is 22.8. The van der Waals surface area contributed by atoms with E-state index in [0.29, 0.717) is 37.7 Å². The van der Waals surface area contributed by atoms with E-state index < -0.39 is 29.8 Å². The van der Waals surface area contributed by atoms with Gasteiger partial charge < -0.3 is 20.7 Å². The van der Waals surface area contributed by atoms with E-state index in [0.717, 1.165) is 29.7 Å². The number of amides is 2. The number of para-hydroxylation sites is 1. The molecule has 1 aromatic heterocycles. The van der Waals surface area contributed by atoms with Crippen LogP contribution in [0.3, 0.4) is 0 Å². The number of anilines is 1. The van der Waals surface area contributed by atoms with Gasteiger partial charge in [-0.3, -0.25) is 14.7 Å². The number of ether oxygens (including phenoxy) is 1. The highest BCUT2D eigenvalue weighted by Crippen LogP contribution is 2.34. The van der Waals surface area contributed by atoms with Crippen LogP contribution in [-0.4, -0.2) is 46.7 Å². The first-order valence-corrected chi connectivity index (χ1v) is 11.2. The lowest BCUT2D eigenvalue weighted by Gasteiger charge is -2.28. The van der Waals surface area contributed by atoms with Gasteiger partial charge in [-0.25, -0.2) is 4.39 Å². The smallest absolute Gasteiger partial charge is 0.243 e. The van der Waals surface area contributed by atoms with E-state index in [1.54, 1.807) is 18.3 Å². The summed E-state index contributed by atoms with van der Waals surface area (Å²) in [4.78, 5) is 26.1. The third-order valence-corrected chi connectivity index (χ3v) is 6.59. The summed E-state index contributed by atoms with van der Waals surface area (Å²) in [5, 5.41) is 25.2. The molecule has 9 nitrogen and oxygen atoms in total. The van der Waals surface area contributed by atoms with Crippen molar-refractivity contribution in [3.8, 4) is 6.07 Å². The molecule has 0 bridgehead atoms. The molecule has 172 valence electrons. The first kappa shape index (κ1) is 21.4. The van der Waals surface area contributed by atoms with Crippen LogP contribution in [0, 0.1) is 23.1 Å². The Hall–Kier alpha value is -3.45. The highest BCUT2D eigenvalue weighted by Gasteiger charge is 2.37. The minimum atomic E-state index is -0.823. The van der Waals surface area contributed by atoms with Gasteiger partial charge in [-0.15, -0.1) is 0 Å². The number of hydrogen-bond donors (Lipinski definition) is 4. The standard InChI is InChI=1S/C23H25FN6O3/c24-16-3-1-2-13-7-18(27-21(13)16)23(32)28-17(6-12-4-5-12)22(31)29-19(8-25)15-10-33-11-20-14(15)9-26-30-20/h1-3,9,12,15,17-19,27H,4-7,10-11H2,(H,26,30)(H,28,32)(H,29,31). The van der Waals surface area contributed by atoms with Gasteiger partial charge in [0.1, 0.15) is 23.9 Å². The molecule has 1 aliphatic carbocycles. The molecule has 4 N–H and O–H groups in total. The van der Waals surface area contributed by atoms with Crippen molar-refractivity contribution in [3.05, 3.63) is 47.0 Å². The first-order chi connectivity index (χ1) is 16.0. The molecule has 0 saturated heterocycles. The van der Waals surface area contributed by atoms with Gasteiger partial charge >= 0.3 is 0 Å². The molecule has 33 heavy (non-hydrogen) atoms. The lowest BCUT2D eigenvalue weighted by atomic mass is 9.91. The molecular formula is C23H25FN6O3. The van der Waals surface area contributed by atoms with Crippen LogP contribution in [0.2, 0.25) is 0 Å². The molecule has 3 aliphatic rings. The van der Waals surface area contributed by atoms with Gasteiger partial charge in [-0.1, -0.05) is 25.0 Å². The van der Waals surface area contributed by atoms with Crippen molar-refractivity contribution >= 4 is 17.5 Å². The quantitative estimate of drug-likeness (QED) is 0.503. The second-order valence-electron chi connectivity index (χ2n) is 8.96. The number of aromatic nitrogens is 2. The van der Waals surface area contributed by atoms with Crippen molar-refractivity contribution < 1.29 is 18.7 Å². The Bertz CT molecular complexity index is 1110. The molecular weight excluding hydrogens is 427 g/mol. The molecule has 10 heteroatoms. The van der Waals surface area contributed by atoms with E-state index in [1.807, 2.05) is 0 Å². The minimum absolute atomic E-state index is 0.292. The zero-order chi connectivity index (χ0) is 22.9. The number of nitrogens with one attached hydrogen (secondary N) is 4. The maximum Gasteiger partial charge on any atom is 0.243 e. The average Bonchev–Trinajstić information content (AvgIpc) is 3.31. The molecule has 1 aromatic carbocycles. The Morgan fingerprint density at radius 1 is 1.33 bits per heavy atom. The Morgan fingerprint density at radius 2 is 2.18 bits per heavy atom. The van der Waals surface area contributed by atoms with Crippen LogP contribution in [0.15, 0.2) is 24.4 Å². The number of aromatic amines is 1. The van der Waals surface area contributed by atoms with Crippen LogP contribution < -0.4 is 16.0 Å². The van der Waals surface area contributed by atoms with Gasteiger partial charge in [0.15, 0.2) is 0 Å². The van der Waals surface area contributed by atoms with E-state index >= 15 is 0 Å². The van der Waals surface area contributed by atoms with Gasteiger partial charge in [0, 0.05) is 17.9 Å². The van der Waals surface area contributed by atoms with Gasteiger partial charge in [-0.05, 0) is 24.0 Å². The summed E-state index contributed by atoms with van der Waals surface area (Å²) in [6.45, 7) is 0.677. The van der Waals surface area contributed by atoms with E-state index in [9.17, 15) is 19.2 Å². The van der Waals surface area contributed by atoms with E-state index in [4.69, 9.17) is 4.74 Å². The molecule has 0 radical (unpaired) electrons. The molecule has 2 aliphatic heterocycles. The number of nitrogens with zero attached hydrogens (tertiary/aromatic N) is 2. The highest BCUT2D eigenvalue weighted by atomic mass is 19.1. The van der Waals surface area contributed by atoms with Crippen molar-refractivity contribution in [3.63, 3.8) is 0 Å². The Morgan fingerprint density at radius 3 is 2.94 bits per heavy atom. The predicted octanol–water partition coefficient (Wildman–Crippen LogP) is 1.49. The Balaban J connectivity index is 1.26. The third kappa shape index (κ3) is 4.41. The van der Waals surface area contributed by atoms with Gasteiger partial charge in [0.25, 0.3) is 0 Å². The second-order valence-corrected chi connectivity index (χ2v) is 8.96. The number of carbonyl (C=O) groups excluding carboxylic acids is 2. The van der Waals surface area contributed by atoms with Crippen LogP contribution in [0.1, 0.15) is 42.0 Å². The van der Waals surface area contributed by atoms with Crippen molar-refractivity contribution in [1.29, 1.82) is 5.26 Å². The fourth-order valence-corrected chi connectivity index (χ4v) is 4.58. The summed E-state index contributed by atoms with van der Waals surface area (Å²) in [7, 11) is 0. The molecule has 4 unspecified atom stereocenters. The van der Waals surface area contributed by atoms with Crippen LogP contribution >= 0.6 is 0 Å². The molecule has 5 rings (SSSR count). The number of carbonyl (C=O) groups is 2. The van der Waals surface area contributed by atoms with Gasteiger partial charge in [-0.2, -0.15) is 10.4 Å². The molecule has 4 atom stereocenters. The zero-order valence-electron chi connectivity index (χ0n) is 17.9. The van der Waals surface area contributed by atoms with Gasteiger partial charge in [0.05, 0.1) is 36.9 Å². The monoisotopic (exact) mass is 452 g/mol. The molecule has 1 saturated carbocycles. The second kappa shape index (κ2) is 8.83. The summed E-state index contributed by atoms with van der Waals surface area (Å²) >= 11 is 0. The third-order valence-electron chi connectivity index (χ3n) is 6.59. The highest BCUT2D eigenvalue weighted by molar-refractivity contribution is 5.92. The van der Waals surface area contributed by atoms with Crippen LogP contribution in [-0.2, 0) is 27.4 Å². The summed E-state index contributed by atoms with van der Waals surface area (Å²) in [5.41, 5.74) is 2.71. The lowest BCUT2D eigenvalue weighted by molar-refractivity contribution is -0.130. The lowest BCUT2D eigenvalue weighted by Crippen LogP contribution is -2.54. The first-order valence-electron chi connectivity index (χ1n) is 11.2. The molecule has 0 spiro atoms. The topological polar surface area (TPSA) is 132 Å². The van der Waals surface area contributed by atoms with E-state index in [1.165, 1.54) is 6.07 Å². The van der Waals surface area contributed by atoms with Crippen LogP contribution in [0.4, 0.5) is 10.1 Å². The Labute approximate surface area is 190 Å². The average molecular weight is 452 g/mol. The van der Waals surface area contributed by atoms with Crippen molar-refractivity contribution in [2.24, 2.45) is 5.92 Å². The molecule has 2 aromatic rings. The zero-order valence-corrected chi connectivity index (χ0v) is 17.9. The number of H-pyrrole nitrogens is 1. The predicted molar refractivity (Wildman–Crippen MR) is 115 cm³/mol. The number of fused-ring (bicyclic) bond motifs is 2. The Kier molecular flexibility index (Phi) is 5.72. The molecule has 1 fully saturated rings.